The number of hydrogen-bond donors (Lipinski definition) is 3. The summed E-state index contributed by atoms with van der Waals surface area (Å²) in [5.74, 6) is -0.776. The third-order valence-corrected chi connectivity index (χ3v) is 5.02. The molecule has 1 unspecified atom stereocenters. The average Bonchev–Trinajstić information content (AvgIpc) is 3.06. The molecule has 0 amide bonds. The maximum Gasteiger partial charge on any atom is 0.493 e. The molecule has 0 bridgehead atoms. The highest BCUT2D eigenvalue weighted by Crippen LogP contribution is 2.25. The molecule has 8 nitrogen and oxygen atoms in total. The highest BCUT2D eigenvalue weighted by atomic mass is 35.5. The summed E-state index contributed by atoms with van der Waals surface area (Å²) in [5, 5.41) is 25.3. The predicted molar refractivity (Wildman–Crippen MR) is 101 cm³/mol. The van der Waals surface area contributed by atoms with Crippen molar-refractivity contribution in [3.05, 3.63) is 34.7 Å². The Morgan fingerprint density at radius 1 is 1.43 bits per heavy atom. The normalized spacial score (nSPS) is 21.1. The number of nitrogens with zero attached hydrogens (tertiary/aromatic N) is 3. The Morgan fingerprint density at radius 3 is 3.11 bits per heavy atom. The minimum absolute atomic E-state index is 0.0146. The van der Waals surface area contributed by atoms with Gasteiger partial charge in [0.2, 0.25) is 5.95 Å². The molecule has 11 heteroatoms. The summed E-state index contributed by atoms with van der Waals surface area (Å²) in [6.45, 7) is 1.04. The Bertz CT molecular complexity index is 944. The zero-order valence-electron chi connectivity index (χ0n) is 14.7. The number of aromatic nitrogens is 2. The number of hydrogen-bond acceptors (Lipinski definition) is 8. The number of ether oxygens (including phenoxy) is 1. The van der Waals surface area contributed by atoms with Gasteiger partial charge in [-0.2, -0.15) is 10.2 Å². The molecular weight excluding hydrogens is 387 g/mol. The van der Waals surface area contributed by atoms with Crippen LogP contribution in [0, 0.1) is 23.1 Å². The summed E-state index contributed by atoms with van der Waals surface area (Å²) in [6, 6.07) is 5.23. The molecule has 144 valence electrons. The van der Waals surface area contributed by atoms with Crippen molar-refractivity contribution in [1.29, 1.82) is 5.26 Å². The fourth-order valence-corrected chi connectivity index (χ4v) is 3.60. The molecule has 1 saturated heterocycles. The summed E-state index contributed by atoms with van der Waals surface area (Å²) in [5.41, 5.74) is 1.86. The van der Waals surface area contributed by atoms with Gasteiger partial charge in [0.05, 0.1) is 37.4 Å². The summed E-state index contributed by atoms with van der Waals surface area (Å²) >= 11 is 6.22. The fraction of sp³-hybridized carbons (Fsp3) is 0.353. The van der Waals surface area contributed by atoms with E-state index in [-0.39, 0.29) is 30.3 Å². The zero-order valence-corrected chi connectivity index (χ0v) is 15.4. The second-order valence-corrected chi connectivity index (χ2v) is 6.97. The van der Waals surface area contributed by atoms with Crippen LogP contribution in [0.25, 0.3) is 0 Å². The SMILES string of the molecule is N#C[C@H]1CCOCC1Nc1nc(Nc2cc(Cl)c3c(c2)COB3O)ncc1F. The molecule has 2 aliphatic rings. The number of fused-ring (bicyclic) bond motifs is 1. The molecule has 0 saturated carbocycles. The quantitative estimate of drug-likeness (QED) is 0.660. The Morgan fingerprint density at radius 2 is 2.29 bits per heavy atom. The highest BCUT2D eigenvalue weighted by molar-refractivity contribution is 6.65. The first kappa shape index (κ1) is 18.9. The number of halogens is 2. The van der Waals surface area contributed by atoms with E-state index in [9.17, 15) is 14.7 Å². The van der Waals surface area contributed by atoms with Crippen molar-refractivity contribution in [3.63, 3.8) is 0 Å². The molecule has 3 N–H and O–H groups in total. The largest absolute Gasteiger partial charge is 0.493 e. The lowest BCUT2D eigenvalue weighted by molar-refractivity contribution is 0.0697. The summed E-state index contributed by atoms with van der Waals surface area (Å²) in [4.78, 5) is 8.12. The zero-order chi connectivity index (χ0) is 19.7. The lowest BCUT2D eigenvalue weighted by Crippen LogP contribution is -2.38. The maximum atomic E-state index is 14.2. The molecule has 0 aliphatic carbocycles. The summed E-state index contributed by atoms with van der Waals surface area (Å²) in [7, 11) is -1.04. The molecular formula is C17H16BClFN5O3. The fourth-order valence-electron chi connectivity index (χ4n) is 3.26. The van der Waals surface area contributed by atoms with Crippen LogP contribution in [0.3, 0.4) is 0 Å². The molecule has 2 atom stereocenters. The Labute approximate surface area is 165 Å². The first-order valence-corrected chi connectivity index (χ1v) is 9.08. The predicted octanol–water partition coefficient (Wildman–Crippen LogP) is 1.57. The van der Waals surface area contributed by atoms with Crippen molar-refractivity contribution in [2.24, 2.45) is 5.92 Å². The van der Waals surface area contributed by atoms with Crippen LogP contribution in [0.1, 0.15) is 12.0 Å². The van der Waals surface area contributed by atoms with E-state index in [2.05, 4.69) is 26.7 Å². The van der Waals surface area contributed by atoms with E-state index in [0.29, 0.717) is 35.8 Å². The molecule has 2 aromatic rings. The van der Waals surface area contributed by atoms with Crippen molar-refractivity contribution in [2.75, 3.05) is 23.8 Å². The van der Waals surface area contributed by atoms with Gasteiger partial charge in [-0.3, -0.25) is 0 Å². The van der Waals surface area contributed by atoms with E-state index in [0.717, 1.165) is 11.8 Å². The minimum atomic E-state index is -1.04. The van der Waals surface area contributed by atoms with Gasteiger partial charge < -0.3 is 25.0 Å². The molecule has 1 aromatic heterocycles. The van der Waals surface area contributed by atoms with Crippen molar-refractivity contribution in [3.8, 4) is 6.07 Å². The van der Waals surface area contributed by atoms with Gasteiger partial charge in [-0.1, -0.05) is 11.6 Å². The van der Waals surface area contributed by atoms with Gasteiger partial charge in [-0.15, -0.1) is 0 Å². The van der Waals surface area contributed by atoms with E-state index in [1.807, 2.05) is 0 Å². The Kier molecular flexibility index (Phi) is 5.32. The van der Waals surface area contributed by atoms with Gasteiger partial charge in [0.25, 0.3) is 0 Å². The van der Waals surface area contributed by atoms with Crippen molar-refractivity contribution >= 4 is 41.6 Å². The molecule has 2 aliphatic heterocycles. The number of anilines is 3. The van der Waals surface area contributed by atoms with Gasteiger partial charge in [-0.25, -0.2) is 9.37 Å². The van der Waals surface area contributed by atoms with Gasteiger partial charge in [0, 0.05) is 22.8 Å². The van der Waals surface area contributed by atoms with Crippen LogP contribution in [0.5, 0.6) is 0 Å². The number of nitrogens with one attached hydrogen (secondary N) is 2. The standard InChI is InChI=1S/C17H16BClFN5O3/c19-12-4-11(3-10-7-28-18(26)15(10)12)23-17-22-6-13(20)16(25-17)24-14-8-27-2-1-9(14)5-21/h3-4,6,9,14,26H,1-2,7-8H2,(H2,22,23,24,25)/t9-,14?/m1/s1. The summed E-state index contributed by atoms with van der Waals surface area (Å²) < 4.78 is 24.7. The smallest absolute Gasteiger partial charge is 0.423 e. The minimum Gasteiger partial charge on any atom is -0.423 e. The topological polar surface area (TPSA) is 112 Å². The molecule has 0 spiro atoms. The van der Waals surface area contributed by atoms with Gasteiger partial charge >= 0.3 is 7.12 Å². The molecule has 4 rings (SSSR count). The first-order chi connectivity index (χ1) is 13.5. The molecule has 1 fully saturated rings. The van der Waals surface area contributed by atoms with Crippen LogP contribution >= 0.6 is 11.6 Å². The second kappa shape index (κ2) is 7.89. The van der Waals surface area contributed by atoms with E-state index >= 15 is 0 Å². The van der Waals surface area contributed by atoms with Crippen LogP contribution in [0.15, 0.2) is 18.3 Å². The third-order valence-electron chi connectivity index (χ3n) is 4.70. The van der Waals surface area contributed by atoms with E-state index < -0.39 is 12.9 Å². The molecule has 0 radical (unpaired) electrons. The Balaban J connectivity index is 1.55. The van der Waals surface area contributed by atoms with E-state index in [1.165, 1.54) is 0 Å². The van der Waals surface area contributed by atoms with Gasteiger partial charge in [0.1, 0.15) is 0 Å². The highest BCUT2D eigenvalue weighted by Gasteiger charge is 2.30. The molecule has 28 heavy (non-hydrogen) atoms. The van der Waals surface area contributed by atoms with Crippen molar-refractivity contribution in [2.45, 2.75) is 19.1 Å². The molecule has 3 heterocycles. The van der Waals surface area contributed by atoms with Crippen molar-refractivity contribution < 1.29 is 18.8 Å². The van der Waals surface area contributed by atoms with Crippen LogP contribution in [0.2, 0.25) is 5.02 Å². The van der Waals surface area contributed by atoms with Crippen LogP contribution in [0.4, 0.5) is 21.8 Å². The van der Waals surface area contributed by atoms with Gasteiger partial charge in [-0.05, 0) is 24.1 Å². The van der Waals surface area contributed by atoms with Gasteiger partial charge in [0.15, 0.2) is 11.6 Å². The first-order valence-electron chi connectivity index (χ1n) is 8.70. The van der Waals surface area contributed by atoms with E-state index in [1.54, 1.807) is 12.1 Å². The van der Waals surface area contributed by atoms with Crippen LogP contribution in [-0.2, 0) is 16.0 Å². The monoisotopic (exact) mass is 403 g/mol. The average molecular weight is 404 g/mol. The third kappa shape index (κ3) is 3.75. The second-order valence-electron chi connectivity index (χ2n) is 6.56. The molecule has 1 aromatic carbocycles. The number of benzene rings is 1. The lowest BCUT2D eigenvalue weighted by Gasteiger charge is -2.28. The Hall–Kier alpha value is -2.45. The lowest BCUT2D eigenvalue weighted by atomic mass is 9.79. The van der Waals surface area contributed by atoms with Crippen molar-refractivity contribution in [1.82, 2.24) is 9.97 Å². The summed E-state index contributed by atoms with van der Waals surface area (Å²) in [6.07, 6.45) is 1.62. The van der Waals surface area contributed by atoms with E-state index in [4.69, 9.17) is 21.0 Å². The van der Waals surface area contributed by atoms with Crippen LogP contribution < -0.4 is 16.1 Å². The van der Waals surface area contributed by atoms with Crippen LogP contribution in [-0.4, -0.2) is 41.4 Å². The maximum absolute atomic E-state index is 14.2. The number of nitriles is 1. The number of rotatable bonds is 4.